The Bertz CT molecular complexity index is 425. The first kappa shape index (κ1) is 12.6. The van der Waals surface area contributed by atoms with Crippen molar-refractivity contribution in [1.82, 2.24) is 0 Å². The number of carbonyl (C=O) groups excluding carboxylic acids is 1. The zero-order valence-electron chi connectivity index (χ0n) is 9.53. The fourth-order valence-electron chi connectivity index (χ4n) is 1.72. The van der Waals surface area contributed by atoms with Gasteiger partial charge in [0.2, 0.25) is 0 Å². The predicted molar refractivity (Wildman–Crippen MR) is 70.8 cm³/mol. The Morgan fingerprint density at radius 2 is 2.47 bits per heavy atom. The lowest BCUT2D eigenvalue weighted by atomic mass is 10.2. The summed E-state index contributed by atoms with van der Waals surface area (Å²) in [6, 6.07) is 5.87. The quantitative estimate of drug-likeness (QED) is 0.857. The predicted octanol–water partition coefficient (Wildman–Crippen LogP) is 3.18. The highest BCUT2D eigenvalue weighted by Gasteiger charge is 2.21. The minimum Gasteiger partial charge on any atom is -0.466 e. The van der Waals surface area contributed by atoms with E-state index in [-0.39, 0.29) is 12.0 Å². The molecular weight excluding hydrogens is 258 g/mol. The van der Waals surface area contributed by atoms with Crippen molar-refractivity contribution >= 4 is 35.0 Å². The zero-order valence-corrected chi connectivity index (χ0v) is 11.1. The van der Waals surface area contributed by atoms with Crippen LogP contribution in [0.15, 0.2) is 23.1 Å². The van der Waals surface area contributed by atoms with E-state index in [4.69, 9.17) is 16.3 Å². The van der Waals surface area contributed by atoms with Crippen molar-refractivity contribution in [2.24, 2.45) is 0 Å². The molecule has 0 radical (unpaired) electrons. The van der Waals surface area contributed by atoms with Crippen LogP contribution in [0.2, 0.25) is 5.02 Å². The lowest BCUT2D eigenvalue weighted by molar-refractivity contribution is -0.143. The van der Waals surface area contributed by atoms with Crippen LogP contribution < -0.4 is 5.32 Å². The monoisotopic (exact) mass is 271 g/mol. The smallest absolute Gasteiger partial charge is 0.307 e. The number of rotatable bonds is 3. The lowest BCUT2D eigenvalue weighted by Crippen LogP contribution is -2.29. The molecule has 0 spiro atoms. The Balaban J connectivity index is 1.99. The summed E-state index contributed by atoms with van der Waals surface area (Å²) in [5.74, 6) is 0.703. The minimum atomic E-state index is -0.150. The standard InChI is InChI=1S/C12H14ClNO2S/c1-2-16-12(15)6-9-7-17-11-5-8(13)3-4-10(11)14-9/h3-5,9,14H,2,6-7H2,1H3. The topological polar surface area (TPSA) is 38.3 Å². The van der Waals surface area contributed by atoms with Gasteiger partial charge in [0.05, 0.1) is 13.0 Å². The average Bonchev–Trinajstić information content (AvgIpc) is 2.29. The number of hydrogen-bond donors (Lipinski definition) is 1. The van der Waals surface area contributed by atoms with Gasteiger partial charge < -0.3 is 10.1 Å². The SMILES string of the molecule is CCOC(=O)CC1CSc2cc(Cl)ccc2N1. The summed E-state index contributed by atoms with van der Waals surface area (Å²) in [4.78, 5) is 12.5. The number of carbonyl (C=O) groups is 1. The molecule has 0 saturated carbocycles. The van der Waals surface area contributed by atoms with Crippen LogP contribution in [0.4, 0.5) is 5.69 Å². The van der Waals surface area contributed by atoms with Gasteiger partial charge in [0.25, 0.3) is 0 Å². The summed E-state index contributed by atoms with van der Waals surface area (Å²) < 4.78 is 4.94. The van der Waals surface area contributed by atoms with Crippen molar-refractivity contribution in [2.45, 2.75) is 24.3 Å². The molecule has 0 amide bonds. The molecule has 0 fully saturated rings. The van der Waals surface area contributed by atoms with Gasteiger partial charge in [-0.15, -0.1) is 11.8 Å². The number of esters is 1. The molecule has 0 aromatic heterocycles. The number of thioether (sulfide) groups is 1. The molecule has 0 saturated heterocycles. The molecular formula is C12H14ClNO2S. The van der Waals surface area contributed by atoms with Gasteiger partial charge in [-0.2, -0.15) is 0 Å². The van der Waals surface area contributed by atoms with Gasteiger partial charge in [-0.3, -0.25) is 4.79 Å². The number of benzene rings is 1. The summed E-state index contributed by atoms with van der Waals surface area (Å²) in [5, 5.41) is 4.07. The maximum atomic E-state index is 11.4. The number of nitrogens with one attached hydrogen (secondary N) is 1. The molecule has 1 atom stereocenters. The van der Waals surface area contributed by atoms with Crippen LogP contribution in [-0.2, 0) is 9.53 Å². The first-order valence-electron chi connectivity index (χ1n) is 5.53. The fraction of sp³-hybridized carbons (Fsp3) is 0.417. The third-order valence-corrected chi connectivity index (χ3v) is 3.91. The van der Waals surface area contributed by atoms with Crippen LogP contribution in [0.1, 0.15) is 13.3 Å². The second kappa shape index (κ2) is 5.65. The van der Waals surface area contributed by atoms with E-state index in [1.807, 2.05) is 25.1 Å². The summed E-state index contributed by atoms with van der Waals surface area (Å²) in [7, 11) is 0. The largest absolute Gasteiger partial charge is 0.466 e. The van der Waals surface area contributed by atoms with E-state index < -0.39 is 0 Å². The van der Waals surface area contributed by atoms with Crippen molar-refractivity contribution in [2.75, 3.05) is 17.7 Å². The maximum Gasteiger partial charge on any atom is 0.307 e. The van der Waals surface area contributed by atoms with Crippen molar-refractivity contribution in [3.05, 3.63) is 23.2 Å². The molecule has 0 aliphatic carbocycles. The van der Waals surface area contributed by atoms with Crippen LogP contribution in [0.3, 0.4) is 0 Å². The molecule has 1 N–H and O–H groups in total. The summed E-state index contributed by atoms with van der Waals surface area (Å²) >= 11 is 7.64. The van der Waals surface area contributed by atoms with Crippen molar-refractivity contribution < 1.29 is 9.53 Å². The molecule has 1 aliphatic heterocycles. The first-order chi connectivity index (χ1) is 8.19. The van der Waals surface area contributed by atoms with Gasteiger partial charge in [-0.05, 0) is 25.1 Å². The Morgan fingerprint density at radius 1 is 1.65 bits per heavy atom. The van der Waals surface area contributed by atoms with Crippen molar-refractivity contribution in [3.8, 4) is 0 Å². The van der Waals surface area contributed by atoms with Gasteiger partial charge >= 0.3 is 5.97 Å². The van der Waals surface area contributed by atoms with E-state index in [0.29, 0.717) is 13.0 Å². The normalized spacial score (nSPS) is 18.1. The van der Waals surface area contributed by atoms with Gasteiger partial charge in [0.1, 0.15) is 0 Å². The van der Waals surface area contributed by atoms with Crippen molar-refractivity contribution in [3.63, 3.8) is 0 Å². The molecule has 0 bridgehead atoms. The Morgan fingerprint density at radius 3 is 3.24 bits per heavy atom. The van der Waals surface area contributed by atoms with Crippen LogP contribution in [0.5, 0.6) is 0 Å². The highest BCUT2D eigenvalue weighted by Crippen LogP contribution is 2.35. The molecule has 1 aromatic carbocycles. The zero-order chi connectivity index (χ0) is 12.3. The Hall–Kier alpha value is -0.870. The van der Waals surface area contributed by atoms with Gasteiger partial charge in [-0.1, -0.05) is 11.6 Å². The third-order valence-electron chi connectivity index (χ3n) is 2.46. The summed E-state index contributed by atoms with van der Waals surface area (Å²) in [6.07, 6.45) is 0.406. The third kappa shape index (κ3) is 3.30. The summed E-state index contributed by atoms with van der Waals surface area (Å²) in [6.45, 7) is 2.25. The first-order valence-corrected chi connectivity index (χ1v) is 6.90. The number of anilines is 1. The highest BCUT2D eigenvalue weighted by molar-refractivity contribution is 7.99. The summed E-state index contributed by atoms with van der Waals surface area (Å²) in [5.41, 5.74) is 1.04. The Labute approximate surface area is 110 Å². The van der Waals surface area contributed by atoms with E-state index >= 15 is 0 Å². The molecule has 5 heteroatoms. The number of halogens is 1. The molecule has 17 heavy (non-hydrogen) atoms. The average molecular weight is 272 g/mol. The van der Waals surface area contributed by atoms with Crippen LogP contribution in [0.25, 0.3) is 0 Å². The lowest BCUT2D eigenvalue weighted by Gasteiger charge is -2.25. The van der Waals surface area contributed by atoms with Crippen LogP contribution >= 0.6 is 23.4 Å². The molecule has 2 rings (SSSR count). The van der Waals surface area contributed by atoms with Gasteiger partial charge in [0.15, 0.2) is 0 Å². The van der Waals surface area contributed by atoms with E-state index in [0.717, 1.165) is 21.4 Å². The molecule has 1 heterocycles. The number of ether oxygens (including phenoxy) is 1. The van der Waals surface area contributed by atoms with E-state index in [1.165, 1.54) is 0 Å². The van der Waals surface area contributed by atoms with Crippen LogP contribution in [0, 0.1) is 0 Å². The number of fused-ring (bicyclic) bond motifs is 1. The second-order valence-corrected chi connectivity index (χ2v) is 5.30. The second-order valence-electron chi connectivity index (χ2n) is 3.80. The van der Waals surface area contributed by atoms with E-state index in [1.54, 1.807) is 11.8 Å². The Kier molecular flexibility index (Phi) is 4.18. The molecule has 3 nitrogen and oxygen atoms in total. The maximum absolute atomic E-state index is 11.4. The molecule has 1 unspecified atom stereocenters. The van der Waals surface area contributed by atoms with Crippen LogP contribution in [-0.4, -0.2) is 24.4 Å². The van der Waals surface area contributed by atoms with E-state index in [9.17, 15) is 4.79 Å². The van der Waals surface area contributed by atoms with Gasteiger partial charge in [0, 0.05) is 27.4 Å². The fourth-order valence-corrected chi connectivity index (χ4v) is 3.03. The van der Waals surface area contributed by atoms with Crippen molar-refractivity contribution in [1.29, 1.82) is 0 Å². The van der Waals surface area contributed by atoms with E-state index in [2.05, 4.69) is 5.32 Å². The molecule has 1 aromatic rings. The number of hydrogen-bond acceptors (Lipinski definition) is 4. The minimum absolute atomic E-state index is 0.132. The highest BCUT2D eigenvalue weighted by atomic mass is 35.5. The molecule has 1 aliphatic rings. The molecule has 92 valence electrons. The van der Waals surface area contributed by atoms with Gasteiger partial charge in [-0.25, -0.2) is 0 Å².